The zero-order valence-corrected chi connectivity index (χ0v) is 10.4. The van der Waals surface area contributed by atoms with Crippen LogP contribution in [0.4, 0.5) is 0 Å². The molecule has 0 spiro atoms. The molecule has 1 N–H and O–H groups in total. The van der Waals surface area contributed by atoms with Gasteiger partial charge in [0.05, 0.1) is 0 Å². The fourth-order valence-electron chi connectivity index (χ4n) is 1.23. The molecule has 0 aliphatic rings. The van der Waals surface area contributed by atoms with Crippen LogP contribution in [0.3, 0.4) is 0 Å². The van der Waals surface area contributed by atoms with Gasteiger partial charge in [0.2, 0.25) is 0 Å². The van der Waals surface area contributed by atoms with Crippen LogP contribution in [0.2, 0.25) is 0 Å². The van der Waals surface area contributed by atoms with Crippen molar-refractivity contribution < 1.29 is 0 Å². The van der Waals surface area contributed by atoms with Gasteiger partial charge >= 0.3 is 0 Å². The molecule has 0 aromatic heterocycles. The van der Waals surface area contributed by atoms with Crippen molar-refractivity contribution in [1.29, 1.82) is 0 Å². The summed E-state index contributed by atoms with van der Waals surface area (Å²) in [7, 11) is 2.91. The molecule has 1 atom stereocenters. The van der Waals surface area contributed by atoms with Gasteiger partial charge in [-0.1, -0.05) is 41.1 Å². The van der Waals surface area contributed by atoms with Gasteiger partial charge in [-0.3, -0.25) is 5.32 Å². The molecule has 0 radical (unpaired) electrons. The molecule has 1 aromatic rings. The topological polar surface area (TPSA) is 12.0 Å². The summed E-state index contributed by atoms with van der Waals surface area (Å²) in [5, 5.41) is 4.44. The van der Waals surface area contributed by atoms with Crippen LogP contribution < -0.4 is 10.5 Å². The number of alkyl halides is 1. The molecular weight excluding hydrogens is 186 g/mol. The van der Waals surface area contributed by atoms with E-state index in [4.69, 9.17) is 11.6 Å². The molecule has 66 valence electrons. The van der Waals surface area contributed by atoms with Crippen molar-refractivity contribution >= 4 is 27.0 Å². The van der Waals surface area contributed by atoms with Crippen molar-refractivity contribution in [3.05, 3.63) is 29.8 Å². The van der Waals surface area contributed by atoms with Gasteiger partial charge < -0.3 is 0 Å². The van der Waals surface area contributed by atoms with Gasteiger partial charge in [-0.25, -0.2) is 0 Å². The Balaban J connectivity index is 3.10. The number of hydrogen-bond acceptors (Lipinski definition) is 1. The molecule has 12 heavy (non-hydrogen) atoms. The van der Waals surface area contributed by atoms with E-state index in [1.165, 1.54) is 10.8 Å². The van der Waals surface area contributed by atoms with Crippen molar-refractivity contribution in [3.63, 3.8) is 0 Å². The highest BCUT2D eigenvalue weighted by atomic mass is 35.5. The molecule has 0 amide bonds. The average molecular weight is 200 g/mol. The lowest BCUT2D eigenvalue weighted by Crippen LogP contribution is -2.35. The highest BCUT2D eigenvalue weighted by Crippen LogP contribution is 2.22. The Labute approximate surface area is 81.6 Å². The van der Waals surface area contributed by atoms with Crippen molar-refractivity contribution in [1.82, 2.24) is 5.32 Å². The smallest absolute Gasteiger partial charge is 0.116 e. The van der Waals surface area contributed by atoms with Gasteiger partial charge in [0.25, 0.3) is 0 Å². The zero-order valence-electron chi connectivity index (χ0n) is 7.69. The molecule has 0 aliphatic heterocycles. The Morgan fingerprint density at radius 3 is 2.50 bits per heavy atom. The van der Waals surface area contributed by atoms with E-state index in [0.717, 1.165) is 10.2 Å². The van der Waals surface area contributed by atoms with E-state index in [1.54, 1.807) is 0 Å². The molecule has 3 heteroatoms. The molecular formula is C9H14ClNSi. The summed E-state index contributed by atoms with van der Waals surface area (Å²) < 4.78 is 0. The molecule has 0 aliphatic carbocycles. The first-order chi connectivity index (χ1) is 5.58. The van der Waals surface area contributed by atoms with E-state index in [2.05, 4.69) is 23.5 Å². The van der Waals surface area contributed by atoms with E-state index in [0.29, 0.717) is 0 Å². The van der Waals surface area contributed by atoms with Crippen LogP contribution in [-0.2, 0) is 5.00 Å². The molecule has 1 nitrogen and oxygen atoms in total. The molecule has 1 unspecified atom stereocenters. The summed E-state index contributed by atoms with van der Waals surface area (Å²) in [4.78, 5) is -0.418. The van der Waals surface area contributed by atoms with Crippen LogP contribution >= 0.6 is 11.6 Å². The minimum Gasteiger partial charge on any atom is -0.298 e. The molecule has 0 bridgehead atoms. The molecule has 0 heterocycles. The number of nitrogens with one attached hydrogen (secondary N) is 1. The largest absolute Gasteiger partial charge is 0.298 e. The van der Waals surface area contributed by atoms with Gasteiger partial charge in [-0.2, -0.15) is 0 Å². The Bertz CT molecular complexity index is 273. The Kier molecular flexibility index (Phi) is 2.93. The summed E-state index contributed by atoms with van der Waals surface area (Å²) >= 11 is 6.26. The van der Waals surface area contributed by atoms with E-state index in [9.17, 15) is 0 Å². The van der Waals surface area contributed by atoms with Crippen molar-refractivity contribution in [2.45, 2.75) is 11.9 Å². The third-order valence-corrected chi connectivity index (χ3v) is 3.38. The Hall–Kier alpha value is -0.313. The molecule has 1 aromatic carbocycles. The monoisotopic (exact) mass is 199 g/mol. The van der Waals surface area contributed by atoms with Gasteiger partial charge in [0, 0.05) is 10.2 Å². The number of halogens is 1. The highest BCUT2D eigenvalue weighted by molar-refractivity contribution is 6.35. The summed E-state index contributed by atoms with van der Waals surface area (Å²) in [6.45, 7) is 1.98. The maximum Gasteiger partial charge on any atom is 0.116 e. The number of hydrogen-bond donors (Lipinski definition) is 1. The maximum atomic E-state index is 6.26. The Morgan fingerprint density at radius 2 is 2.00 bits per heavy atom. The normalized spacial score (nSPS) is 15.9. The fourth-order valence-corrected chi connectivity index (χ4v) is 2.46. The molecule has 0 fully saturated rings. The third kappa shape index (κ3) is 1.89. The first kappa shape index (κ1) is 9.77. The van der Waals surface area contributed by atoms with Crippen LogP contribution in [-0.4, -0.2) is 17.3 Å². The SMILES string of the molecule is CNC(C)(Cl)c1ccccc1[SiH3]. The summed E-state index contributed by atoms with van der Waals surface area (Å²) in [5.74, 6) is 0. The quantitative estimate of drug-likeness (QED) is 0.411. The van der Waals surface area contributed by atoms with Crippen molar-refractivity contribution in [2.24, 2.45) is 0 Å². The highest BCUT2D eigenvalue weighted by Gasteiger charge is 2.21. The van der Waals surface area contributed by atoms with E-state index in [-0.39, 0.29) is 0 Å². The van der Waals surface area contributed by atoms with Gasteiger partial charge in [0.1, 0.15) is 5.00 Å². The summed E-state index contributed by atoms with van der Waals surface area (Å²) in [6.07, 6.45) is 0. The lowest BCUT2D eigenvalue weighted by atomic mass is 10.1. The summed E-state index contributed by atoms with van der Waals surface area (Å²) in [6, 6.07) is 8.27. The molecule has 0 saturated heterocycles. The van der Waals surface area contributed by atoms with Gasteiger partial charge in [-0.15, -0.1) is 0 Å². The predicted octanol–water partition coefficient (Wildman–Crippen LogP) is 0.308. The van der Waals surface area contributed by atoms with Crippen LogP contribution in [0.15, 0.2) is 24.3 Å². The van der Waals surface area contributed by atoms with Crippen LogP contribution in [0.1, 0.15) is 12.5 Å². The minimum absolute atomic E-state index is 0.418. The lowest BCUT2D eigenvalue weighted by Gasteiger charge is -2.23. The first-order valence-corrected chi connectivity index (χ1v) is 5.39. The second-order valence-corrected chi connectivity index (χ2v) is 4.90. The number of benzene rings is 1. The van der Waals surface area contributed by atoms with E-state index in [1.807, 2.05) is 20.0 Å². The van der Waals surface area contributed by atoms with Crippen molar-refractivity contribution in [3.8, 4) is 0 Å². The predicted molar refractivity (Wildman–Crippen MR) is 58.3 cm³/mol. The standard InChI is InChI=1S/C9H14ClNSi/c1-9(10,11-2)7-5-3-4-6-8(7)12/h3-6,11H,1-2,12H3. The fraction of sp³-hybridized carbons (Fsp3) is 0.333. The summed E-state index contributed by atoms with van der Waals surface area (Å²) in [5.41, 5.74) is 1.20. The second kappa shape index (κ2) is 3.60. The maximum absolute atomic E-state index is 6.26. The van der Waals surface area contributed by atoms with Gasteiger partial charge in [-0.05, 0) is 19.5 Å². The Morgan fingerprint density at radius 1 is 1.42 bits per heavy atom. The second-order valence-electron chi connectivity index (χ2n) is 3.07. The van der Waals surface area contributed by atoms with Crippen LogP contribution in [0.25, 0.3) is 0 Å². The minimum atomic E-state index is -0.418. The van der Waals surface area contributed by atoms with Crippen molar-refractivity contribution in [2.75, 3.05) is 7.05 Å². The van der Waals surface area contributed by atoms with E-state index < -0.39 is 5.00 Å². The third-order valence-electron chi connectivity index (χ3n) is 2.12. The first-order valence-electron chi connectivity index (χ1n) is 4.02. The van der Waals surface area contributed by atoms with Crippen LogP contribution in [0.5, 0.6) is 0 Å². The van der Waals surface area contributed by atoms with E-state index >= 15 is 0 Å². The lowest BCUT2D eigenvalue weighted by molar-refractivity contribution is 0.578. The average Bonchev–Trinajstić information content (AvgIpc) is 2.05. The van der Waals surface area contributed by atoms with Crippen LogP contribution in [0, 0.1) is 0 Å². The molecule has 1 rings (SSSR count). The zero-order chi connectivity index (χ0) is 9.19. The van der Waals surface area contributed by atoms with Gasteiger partial charge in [0.15, 0.2) is 0 Å². The molecule has 0 saturated carbocycles. The number of rotatable bonds is 2.